The molecular formula is C24H12Cl6O3. The third-order valence-corrected chi connectivity index (χ3v) is 6.50. The lowest BCUT2D eigenvalue weighted by atomic mass is 10.0. The largest absolute Gasteiger partial charge is 0.504 e. The molecule has 0 aliphatic rings. The predicted octanol–water partition coefficient (Wildman–Crippen LogP) is 10.1. The molecule has 0 aromatic heterocycles. The monoisotopic (exact) mass is 558 g/mol. The number of phenols is 2. The molecule has 0 bridgehead atoms. The van der Waals surface area contributed by atoms with E-state index in [0.29, 0.717) is 42.3 Å². The Morgan fingerprint density at radius 1 is 0.455 bits per heavy atom. The fourth-order valence-electron chi connectivity index (χ4n) is 3.24. The van der Waals surface area contributed by atoms with Gasteiger partial charge in [-0.05, 0) is 48.5 Å². The fourth-order valence-corrected chi connectivity index (χ4v) is 4.64. The minimum atomic E-state index is -0.294. The van der Waals surface area contributed by atoms with Crippen molar-refractivity contribution in [3.05, 3.63) is 90.8 Å². The maximum atomic E-state index is 11.0. The maximum absolute atomic E-state index is 11.0. The van der Waals surface area contributed by atoms with Gasteiger partial charge in [-0.2, -0.15) is 0 Å². The van der Waals surface area contributed by atoms with E-state index in [4.69, 9.17) is 74.3 Å². The molecule has 0 amide bonds. The highest BCUT2D eigenvalue weighted by atomic mass is 35.5. The molecule has 0 spiro atoms. The van der Waals surface area contributed by atoms with Gasteiger partial charge in [-0.3, -0.25) is 0 Å². The Bertz CT molecular complexity index is 1280. The average Bonchev–Trinajstić information content (AvgIpc) is 2.75. The first kappa shape index (κ1) is 24.2. The number of halogens is 6. The van der Waals surface area contributed by atoms with Crippen LogP contribution in [0.5, 0.6) is 23.0 Å². The van der Waals surface area contributed by atoms with Crippen LogP contribution in [0.4, 0.5) is 0 Å². The number of rotatable bonds is 4. The van der Waals surface area contributed by atoms with Gasteiger partial charge in [-0.1, -0.05) is 81.7 Å². The van der Waals surface area contributed by atoms with E-state index in [-0.39, 0.29) is 33.0 Å². The fraction of sp³-hybridized carbons (Fsp3) is 0. The molecule has 3 nitrogen and oxygen atoms in total. The first-order chi connectivity index (χ1) is 15.7. The lowest BCUT2D eigenvalue weighted by molar-refractivity contribution is 0.387. The van der Waals surface area contributed by atoms with E-state index in [1.54, 1.807) is 48.5 Å². The van der Waals surface area contributed by atoms with Crippen molar-refractivity contribution >= 4 is 69.6 Å². The van der Waals surface area contributed by atoms with Gasteiger partial charge in [0.1, 0.15) is 0 Å². The van der Waals surface area contributed by atoms with Gasteiger partial charge in [0.15, 0.2) is 23.0 Å². The van der Waals surface area contributed by atoms with Crippen LogP contribution in [0.15, 0.2) is 60.7 Å². The number of phenolic OH excluding ortho intramolecular Hbond substituents is 2. The average molecular weight is 561 g/mol. The van der Waals surface area contributed by atoms with Gasteiger partial charge in [0.05, 0.1) is 20.1 Å². The highest BCUT2D eigenvalue weighted by Crippen LogP contribution is 2.51. The highest BCUT2D eigenvalue weighted by Gasteiger charge is 2.22. The molecule has 0 saturated heterocycles. The van der Waals surface area contributed by atoms with Gasteiger partial charge in [-0.15, -0.1) is 0 Å². The second-order valence-corrected chi connectivity index (χ2v) is 9.40. The van der Waals surface area contributed by atoms with Crippen molar-refractivity contribution in [2.75, 3.05) is 0 Å². The molecule has 0 aliphatic carbocycles. The van der Waals surface area contributed by atoms with Crippen LogP contribution < -0.4 is 4.74 Å². The van der Waals surface area contributed by atoms with Crippen molar-refractivity contribution in [3.63, 3.8) is 0 Å². The summed E-state index contributed by atoms with van der Waals surface area (Å²) >= 11 is 37.2. The Morgan fingerprint density at radius 2 is 0.818 bits per heavy atom. The molecule has 2 N–H and O–H groups in total. The Morgan fingerprint density at radius 3 is 1.18 bits per heavy atom. The Hall–Kier alpha value is -1.98. The summed E-state index contributed by atoms with van der Waals surface area (Å²) < 4.78 is 5.85. The second kappa shape index (κ2) is 9.71. The first-order valence-electron chi connectivity index (χ1n) is 9.29. The van der Waals surface area contributed by atoms with Crippen LogP contribution in [-0.4, -0.2) is 10.2 Å². The van der Waals surface area contributed by atoms with Crippen molar-refractivity contribution in [3.8, 4) is 45.3 Å². The smallest absolute Gasteiger partial charge is 0.188 e. The molecule has 0 radical (unpaired) electrons. The molecule has 0 aliphatic heterocycles. The first-order valence-corrected chi connectivity index (χ1v) is 11.6. The van der Waals surface area contributed by atoms with Crippen LogP contribution in [0.25, 0.3) is 22.3 Å². The van der Waals surface area contributed by atoms with E-state index >= 15 is 0 Å². The van der Waals surface area contributed by atoms with E-state index in [2.05, 4.69) is 0 Å². The van der Waals surface area contributed by atoms with Gasteiger partial charge < -0.3 is 14.9 Å². The molecule has 0 saturated carbocycles. The van der Waals surface area contributed by atoms with Crippen LogP contribution in [-0.2, 0) is 0 Å². The van der Waals surface area contributed by atoms with E-state index in [1.165, 1.54) is 12.1 Å². The molecule has 4 rings (SSSR count). The highest BCUT2D eigenvalue weighted by molar-refractivity contribution is 6.37. The van der Waals surface area contributed by atoms with E-state index in [0.717, 1.165) is 0 Å². The summed E-state index contributed by atoms with van der Waals surface area (Å²) in [5.41, 5.74) is 1.72. The lowest BCUT2D eigenvalue weighted by Gasteiger charge is -2.17. The van der Waals surface area contributed by atoms with Crippen molar-refractivity contribution in [1.29, 1.82) is 0 Å². The summed E-state index contributed by atoms with van der Waals surface area (Å²) in [6, 6.07) is 15.9. The molecule has 0 unspecified atom stereocenters. The third-order valence-electron chi connectivity index (χ3n) is 4.81. The van der Waals surface area contributed by atoms with Gasteiger partial charge in [0.25, 0.3) is 0 Å². The predicted molar refractivity (Wildman–Crippen MR) is 137 cm³/mol. The summed E-state index contributed by atoms with van der Waals surface area (Å²) in [5, 5.41) is 23.6. The zero-order valence-corrected chi connectivity index (χ0v) is 20.9. The summed E-state index contributed by atoms with van der Waals surface area (Å²) in [5.74, 6) is -0.817. The van der Waals surface area contributed by atoms with Crippen molar-refractivity contribution < 1.29 is 14.9 Å². The molecule has 168 valence electrons. The van der Waals surface area contributed by atoms with Gasteiger partial charge >= 0.3 is 0 Å². The lowest BCUT2D eigenvalue weighted by Crippen LogP contribution is -1.92. The number of hydrogen-bond acceptors (Lipinski definition) is 3. The second-order valence-electron chi connectivity index (χ2n) is 6.90. The topological polar surface area (TPSA) is 49.7 Å². The number of aromatic hydroxyl groups is 2. The van der Waals surface area contributed by atoms with Gasteiger partial charge in [-0.25, -0.2) is 0 Å². The van der Waals surface area contributed by atoms with Crippen LogP contribution in [0, 0.1) is 0 Å². The van der Waals surface area contributed by atoms with Gasteiger partial charge in [0.2, 0.25) is 0 Å². The van der Waals surface area contributed by atoms with Crippen LogP contribution >= 0.6 is 69.6 Å². The molecule has 0 atom stereocenters. The SMILES string of the molecule is Oc1c(-c2ccc(Cl)cc2Cl)ccc(Cl)c1Oc1c(Cl)ccc(-c2ccc(Cl)cc2Cl)c1O. The van der Waals surface area contributed by atoms with Crippen molar-refractivity contribution in [2.24, 2.45) is 0 Å². The Balaban J connectivity index is 1.83. The zero-order valence-electron chi connectivity index (χ0n) is 16.3. The molecule has 0 fully saturated rings. The Kier molecular flexibility index (Phi) is 7.11. The van der Waals surface area contributed by atoms with E-state index in [9.17, 15) is 10.2 Å². The zero-order chi connectivity index (χ0) is 23.9. The molecular weight excluding hydrogens is 549 g/mol. The maximum Gasteiger partial charge on any atom is 0.188 e. The molecule has 0 heterocycles. The summed E-state index contributed by atoms with van der Waals surface area (Å²) in [7, 11) is 0. The Labute approximate surface area is 219 Å². The normalized spacial score (nSPS) is 11.0. The quantitative estimate of drug-likeness (QED) is 0.261. The third kappa shape index (κ3) is 4.81. The standard InChI is InChI=1S/C24H12Cl6O3/c25-11-1-3-13(19(29)9-11)15-5-7-17(27)23(21(15)31)33-24-18(28)8-6-16(22(24)32)14-4-2-12(26)10-20(14)30/h1-10,31-32H. The van der Waals surface area contributed by atoms with Gasteiger partial charge in [0, 0.05) is 32.3 Å². The van der Waals surface area contributed by atoms with Crippen LogP contribution in [0.3, 0.4) is 0 Å². The van der Waals surface area contributed by atoms with Crippen LogP contribution in [0.2, 0.25) is 30.1 Å². The van der Waals surface area contributed by atoms with E-state index in [1.807, 2.05) is 0 Å². The number of benzene rings is 4. The minimum absolute atomic E-state index is 0.0896. The number of hydrogen-bond donors (Lipinski definition) is 2. The van der Waals surface area contributed by atoms with Crippen molar-refractivity contribution in [2.45, 2.75) is 0 Å². The molecule has 9 heteroatoms. The van der Waals surface area contributed by atoms with E-state index < -0.39 is 0 Å². The molecule has 4 aromatic rings. The summed E-state index contributed by atoms with van der Waals surface area (Å²) in [4.78, 5) is 0. The summed E-state index contributed by atoms with van der Waals surface area (Å²) in [6.45, 7) is 0. The number of ether oxygens (including phenoxy) is 1. The molecule has 4 aromatic carbocycles. The van der Waals surface area contributed by atoms with Crippen molar-refractivity contribution in [1.82, 2.24) is 0 Å². The molecule has 33 heavy (non-hydrogen) atoms. The summed E-state index contributed by atoms with van der Waals surface area (Å²) in [6.07, 6.45) is 0. The van der Waals surface area contributed by atoms with Crippen LogP contribution in [0.1, 0.15) is 0 Å². The minimum Gasteiger partial charge on any atom is -0.504 e.